The Morgan fingerprint density at radius 3 is 1.88 bits per heavy atom. The molecule has 5 N–H and O–H groups in total. The van der Waals surface area contributed by atoms with E-state index in [0.29, 0.717) is 12.0 Å². The number of nitrogens with two attached hydrogens (primary N) is 1. The molecule has 0 spiro atoms. The van der Waals surface area contributed by atoms with E-state index in [4.69, 9.17) is 15.9 Å². The minimum Gasteiger partial charge on any atom is -0.480 e. The van der Waals surface area contributed by atoms with Crippen LogP contribution < -0.4 is 5.73 Å². The first-order chi connectivity index (χ1) is 11.2. The number of benzene rings is 2. The van der Waals surface area contributed by atoms with E-state index in [-0.39, 0.29) is 0 Å². The van der Waals surface area contributed by atoms with E-state index in [1.165, 1.54) is 6.92 Å². The summed E-state index contributed by atoms with van der Waals surface area (Å²) in [7, 11) is 0. The van der Waals surface area contributed by atoms with Crippen LogP contribution in [0.3, 0.4) is 0 Å². The Hall–Kier alpha value is -2.70. The third-order valence-corrected chi connectivity index (χ3v) is 3.37. The highest BCUT2D eigenvalue weighted by Crippen LogP contribution is 2.19. The molecule has 2 aromatic rings. The first-order valence-corrected chi connectivity index (χ1v) is 7.28. The van der Waals surface area contributed by atoms with Crippen molar-refractivity contribution in [2.24, 2.45) is 5.73 Å². The molecule has 2 rings (SSSR count). The molecule has 24 heavy (non-hydrogen) atoms. The Balaban J connectivity index is 0.000000240. The van der Waals surface area contributed by atoms with E-state index in [0.717, 1.165) is 5.56 Å². The molecule has 0 amide bonds. The van der Waals surface area contributed by atoms with Crippen LogP contribution in [0.4, 0.5) is 0 Å². The minimum atomic E-state index is -1.79. The summed E-state index contributed by atoms with van der Waals surface area (Å²) >= 11 is 0. The van der Waals surface area contributed by atoms with Crippen LogP contribution in [0.15, 0.2) is 60.7 Å². The lowest BCUT2D eigenvalue weighted by molar-refractivity contribution is -0.157. The van der Waals surface area contributed by atoms with Gasteiger partial charge in [0, 0.05) is 0 Å². The topological polar surface area (TPSA) is 121 Å². The molecule has 0 saturated heterocycles. The van der Waals surface area contributed by atoms with E-state index in [1.807, 2.05) is 30.3 Å². The molecule has 0 bridgehead atoms. The second-order valence-corrected chi connectivity index (χ2v) is 5.38. The highest BCUT2D eigenvalue weighted by Gasteiger charge is 2.31. The van der Waals surface area contributed by atoms with Crippen LogP contribution in [0.25, 0.3) is 0 Å². The van der Waals surface area contributed by atoms with Gasteiger partial charge < -0.3 is 21.1 Å². The van der Waals surface area contributed by atoms with Crippen LogP contribution in [0, 0.1) is 0 Å². The van der Waals surface area contributed by atoms with Crippen LogP contribution in [-0.4, -0.2) is 33.3 Å². The number of carboxylic acids is 2. The van der Waals surface area contributed by atoms with Gasteiger partial charge in [0.15, 0.2) is 5.60 Å². The van der Waals surface area contributed by atoms with Gasteiger partial charge in [0.05, 0.1) is 0 Å². The van der Waals surface area contributed by atoms with E-state index in [2.05, 4.69) is 0 Å². The van der Waals surface area contributed by atoms with Gasteiger partial charge in [0.25, 0.3) is 0 Å². The lowest BCUT2D eigenvalue weighted by Gasteiger charge is -2.17. The van der Waals surface area contributed by atoms with Crippen molar-refractivity contribution in [2.75, 3.05) is 0 Å². The Labute approximate surface area is 140 Å². The van der Waals surface area contributed by atoms with Crippen molar-refractivity contribution in [3.63, 3.8) is 0 Å². The van der Waals surface area contributed by atoms with E-state index < -0.39 is 23.6 Å². The van der Waals surface area contributed by atoms with Crippen molar-refractivity contribution >= 4 is 11.9 Å². The van der Waals surface area contributed by atoms with Gasteiger partial charge >= 0.3 is 11.9 Å². The van der Waals surface area contributed by atoms with Gasteiger partial charge in [0.2, 0.25) is 0 Å². The normalized spacial score (nSPS) is 13.8. The molecule has 0 fully saturated rings. The zero-order chi connectivity index (χ0) is 18.2. The first kappa shape index (κ1) is 19.3. The predicted octanol–water partition coefficient (Wildman–Crippen LogP) is 1.62. The summed E-state index contributed by atoms with van der Waals surface area (Å²) in [5, 5.41) is 26.6. The number of hydrogen-bond acceptors (Lipinski definition) is 4. The molecule has 0 aliphatic carbocycles. The third kappa shape index (κ3) is 5.83. The van der Waals surface area contributed by atoms with Gasteiger partial charge in [-0.05, 0) is 24.5 Å². The van der Waals surface area contributed by atoms with Crippen molar-refractivity contribution in [3.8, 4) is 0 Å². The maximum absolute atomic E-state index is 10.6. The summed E-state index contributed by atoms with van der Waals surface area (Å²) in [5.41, 5.74) is 4.90. The Morgan fingerprint density at radius 2 is 1.46 bits per heavy atom. The van der Waals surface area contributed by atoms with Gasteiger partial charge in [-0.15, -0.1) is 0 Å². The standard InChI is InChI=1S/C9H11NO2.C9H10O3/c10-8(9(11)12)6-7-4-2-1-3-5-7;1-9(12,8(10)11)7-5-3-2-4-6-7/h1-5,8H,6,10H2,(H,11,12);2-6,12H,1H3,(H,10,11). The maximum atomic E-state index is 10.6. The molecule has 2 unspecified atom stereocenters. The molecule has 0 aromatic heterocycles. The van der Waals surface area contributed by atoms with Gasteiger partial charge in [-0.2, -0.15) is 0 Å². The molecule has 0 radical (unpaired) electrons. The van der Waals surface area contributed by atoms with Gasteiger partial charge in [-0.1, -0.05) is 60.7 Å². The number of aliphatic hydroxyl groups is 1. The molecular weight excluding hydrogens is 310 g/mol. The molecular formula is C18H21NO5. The van der Waals surface area contributed by atoms with Crippen LogP contribution in [0.5, 0.6) is 0 Å². The third-order valence-electron chi connectivity index (χ3n) is 3.37. The average molecular weight is 331 g/mol. The van der Waals surface area contributed by atoms with E-state index in [9.17, 15) is 14.7 Å². The smallest absolute Gasteiger partial charge is 0.340 e. The second kappa shape index (κ2) is 8.81. The molecule has 6 heteroatoms. The van der Waals surface area contributed by atoms with Crippen LogP contribution in [-0.2, 0) is 21.6 Å². The fourth-order valence-corrected chi connectivity index (χ4v) is 1.84. The minimum absolute atomic E-state index is 0.385. The number of carbonyl (C=O) groups is 2. The Morgan fingerprint density at radius 1 is 1.00 bits per heavy atom. The van der Waals surface area contributed by atoms with Crippen LogP contribution in [0.2, 0.25) is 0 Å². The van der Waals surface area contributed by atoms with Crippen molar-refractivity contribution in [1.29, 1.82) is 0 Å². The Kier molecular flexibility index (Phi) is 7.10. The number of aliphatic carboxylic acids is 2. The molecule has 2 atom stereocenters. The zero-order valence-corrected chi connectivity index (χ0v) is 13.3. The summed E-state index contributed by atoms with van der Waals surface area (Å²) < 4.78 is 0. The molecule has 0 aliphatic rings. The van der Waals surface area contributed by atoms with Crippen molar-refractivity contribution in [3.05, 3.63) is 71.8 Å². The lowest BCUT2D eigenvalue weighted by atomic mass is 9.97. The summed E-state index contributed by atoms with van der Waals surface area (Å²) in [6.45, 7) is 1.25. The van der Waals surface area contributed by atoms with Crippen LogP contribution in [0.1, 0.15) is 18.1 Å². The molecule has 0 aliphatic heterocycles. The van der Waals surface area contributed by atoms with Gasteiger partial charge in [-0.3, -0.25) is 4.79 Å². The molecule has 6 nitrogen and oxygen atoms in total. The largest absolute Gasteiger partial charge is 0.480 e. The number of carboxylic acid groups (broad SMARTS) is 2. The number of rotatable bonds is 5. The van der Waals surface area contributed by atoms with Crippen molar-refractivity contribution in [1.82, 2.24) is 0 Å². The van der Waals surface area contributed by atoms with Crippen LogP contribution >= 0.6 is 0 Å². The number of hydrogen-bond donors (Lipinski definition) is 4. The fourth-order valence-electron chi connectivity index (χ4n) is 1.84. The zero-order valence-electron chi connectivity index (χ0n) is 13.3. The average Bonchev–Trinajstić information content (AvgIpc) is 2.57. The maximum Gasteiger partial charge on any atom is 0.340 e. The first-order valence-electron chi connectivity index (χ1n) is 7.28. The Bertz CT molecular complexity index is 656. The van der Waals surface area contributed by atoms with Gasteiger partial charge in [-0.25, -0.2) is 4.79 Å². The van der Waals surface area contributed by atoms with E-state index >= 15 is 0 Å². The highest BCUT2D eigenvalue weighted by molar-refractivity contribution is 5.78. The second-order valence-electron chi connectivity index (χ2n) is 5.38. The molecule has 2 aromatic carbocycles. The molecule has 128 valence electrons. The SMILES string of the molecule is CC(O)(C(=O)O)c1ccccc1.NC(Cc1ccccc1)C(=O)O. The quantitative estimate of drug-likeness (QED) is 0.660. The van der Waals surface area contributed by atoms with Crippen molar-refractivity contribution < 1.29 is 24.9 Å². The van der Waals surface area contributed by atoms with Gasteiger partial charge in [0.1, 0.15) is 6.04 Å². The molecule has 0 heterocycles. The highest BCUT2D eigenvalue weighted by atomic mass is 16.4. The van der Waals surface area contributed by atoms with Crippen molar-refractivity contribution in [2.45, 2.75) is 25.0 Å². The monoisotopic (exact) mass is 331 g/mol. The summed E-state index contributed by atoms with van der Waals surface area (Å²) in [4.78, 5) is 21.0. The predicted molar refractivity (Wildman–Crippen MR) is 89.4 cm³/mol. The lowest BCUT2D eigenvalue weighted by Crippen LogP contribution is -2.32. The fraction of sp³-hybridized carbons (Fsp3) is 0.222. The van der Waals surface area contributed by atoms with E-state index in [1.54, 1.807) is 30.3 Å². The summed E-state index contributed by atoms with van der Waals surface area (Å²) in [5.74, 6) is -2.20. The summed E-state index contributed by atoms with van der Waals surface area (Å²) in [6, 6.07) is 16.8. The summed E-state index contributed by atoms with van der Waals surface area (Å²) in [6.07, 6.45) is 0.385. The molecule has 0 saturated carbocycles.